The second kappa shape index (κ2) is 17.7. The predicted molar refractivity (Wildman–Crippen MR) is 178 cm³/mol. The van der Waals surface area contributed by atoms with Crippen LogP contribution < -0.4 is 33.6 Å². The number of benzene rings is 2. The van der Waals surface area contributed by atoms with Gasteiger partial charge in [0.2, 0.25) is 5.91 Å². The Labute approximate surface area is 278 Å². The van der Waals surface area contributed by atoms with Gasteiger partial charge < -0.3 is 48.7 Å². The number of aliphatic hydroxyl groups is 1. The van der Waals surface area contributed by atoms with Gasteiger partial charge in [0.1, 0.15) is 12.8 Å². The first-order chi connectivity index (χ1) is 20.8. The van der Waals surface area contributed by atoms with Gasteiger partial charge in [-0.1, -0.05) is 0 Å². The minimum Gasteiger partial charge on any atom is -0.480 e. The van der Waals surface area contributed by atoms with Crippen LogP contribution >= 0.6 is 24.8 Å². The molecule has 1 saturated heterocycles. The van der Waals surface area contributed by atoms with E-state index in [-0.39, 0.29) is 75.2 Å². The zero-order valence-electron chi connectivity index (χ0n) is 25.1. The highest BCUT2D eigenvalue weighted by Crippen LogP contribution is 2.29. The number of guanidine groups is 2. The van der Waals surface area contributed by atoms with Crippen molar-refractivity contribution in [3.63, 3.8) is 0 Å². The van der Waals surface area contributed by atoms with Crippen LogP contribution in [0, 0.1) is 0 Å². The van der Waals surface area contributed by atoms with Gasteiger partial charge in [0.05, 0.1) is 23.5 Å². The number of aliphatic carboxylic acids is 1. The molecule has 3 amide bonds. The minimum absolute atomic E-state index is 0. The lowest BCUT2D eigenvalue weighted by atomic mass is 9.88. The summed E-state index contributed by atoms with van der Waals surface area (Å²) in [7, 11) is 0. The molecule has 1 fully saturated rings. The fraction of sp³-hybridized carbons (Fsp3) is 0.357. The Balaban J connectivity index is 0.00000529. The molecular weight excluding hydrogens is 643 g/mol. The number of rotatable bonds is 13. The molecule has 16 nitrogen and oxygen atoms in total. The van der Waals surface area contributed by atoms with Crippen LogP contribution in [-0.2, 0) is 9.59 Å². The van der Waals surface area contributed by atoms with Crippen LogP contribution in [-0.4, -0.2) is 100 Å². The molecule has 1 heterocycles. The van der Waals surface area contributed by atoms with E-state index in [1.165, 1.54) is 17.0 Å². The maximum Gasteiger partial charge on any atom is 0.323 e. The van der Waals surface area contributed by atoms with Gasteiger partial charge in [0.25, 0.3) is 11.8 Å². The molecule has 252 valence electrons. The summed E-state index contributed by atoms with van der Waals surface area (Å²) in [6.45, 7) is 1.35. The van der Waals surface area contributed by atoms with Gasteiger partial charge in [0, 0.05) is 30.8 Å². The van der Waals surface area contributed by atoms with Crippen molar-refractivity contribution >= 4 is 71.8 Å². The van der Waals surface area contributed by atoms with E-state index in [9.17, 15) is 29.4 Å². The molecule has 0 radical (unpaired) electrons. The van der Waals surface area contributed by atoms with Crippen molar-refractivity contribution in [2.24, 2.45) is 32.9 Å². The molecule has 18 heteroatoms. The normalized spacial score (nSPS) is 16.6. The van der Waals surface area contributed by atoms with E-state index < -0.39 is 36.1 Å². The van der Waals surface area contributed by atoms with Gasteiger partial charge in [-0.3, -0.25) is 24.1 Å². The molecule has 0 spiro atoms. The Morgan fingerprint density at radius 1 is 0.870 bits per heavy atom. The monoisotopic (exact) mass is 682 g/mol. The van der Waals surface area contributed by atoms with Gasteiger partial charge in [-0.05, 0) is 68.3 Å². The molecule has 0 saturated carbocycles. The smallest absolute Gasteiger partial charge is 0.323 e. The molecule has 3 rings (SSSR count). The number of halogens is 2. The molecule has 46 heavy (non-hydrogen) atoms. The van der Waals surface area contributed by atoms with Crippen molar-refractivity contribution in [1.82, 2.24) is 20.4 Å². The number of hydrogen-bond donors (Lipinski definition) is 8. The third kappa shape index (κ3) is 10.8. The number of aliphatic hydroxyl groups excluding tert-OH is 1. The number of nitrogens with one attached hydrogen (secondary N) is 2. The lowest BCUT2D eigenvalue weighted by Gasteiger charge is -2.49. The summed E-state index contributed by atoms with van der Waals surface area (Å²) >= 11 is 0. The number of carbonyl (C=O) groups excluding carboxylic acids is 3. The number of hydrogen-bond acceptors (Lipinski definition) is 8. The Bertz CT molecular complexity index is 1420. The van der Waals surface area contributed by atoms with E-state index in [4.69, 9.17) is 22.9 Å². The maximum atomic E-state index is 13.5. The number of nitrogens with zero attached hydrogens (tertiary/aromatic N) is 4. The highest BCUT2D eigenvalue weighted by Gasteiger charge is 2.47. The third-order valence-electron chi connectivity index (χ3n) is 7.03. The lowest BCUT2D eigenvalue weighted by Crippen LogP contribution is -2.68. The molecular formula is C28H40Cl2N10O6. The van der Waals surface area contributed by atoms with E-state index in [1.54, 1.807) is 48.2 Å². The first kappa shape index (κ1) is 39.4. The van der Waals surface area contributed by atoms with Crippen molar-refractivity contribution in [3.05, 3.63) is 59.7 Å². The zero-order valence-corrected chi connectivity index (χ0v) is 26.7. The summed E-state index contributed by atoms with van der Waals surface area (Å²) in [5, 5.41) is 25.8. The van der Waals surface area contributed by atoms with Crippen LogP contribution in [0.1, 0.15) is 40.5 Å². The Morgan fingerprint density at radius 2 is 1.35 bits per heavy atom. The Morgan fingerprint density at radius 3 is 1.80 bits per heavy atom. The molecule has 12 N–H and O–H groups in total. The van der Waals surface area contributed by atoms with Gasteiger partial charge in [-0.15, -0.1) is 24.8 Å². The number of amides is 3. The van der Waals surface area contributed by atoms with Gasteiger partial charge >= 0.3 is 5.97 Å². The largest absolute Gasteiger partial charge is 0.480 e. The van der Waals surface area contributed by atoms with Crippen LogP contribution in [0.3, 0.4) is 0 Å². The fourth-order valence-corrected chi connectivity index (χ4v) is 4.89. The SMILES string of the molecule is C[C@]1(CCCNC(=O)c2ccc(N=C(N)N)cc2)C(=O)N(CC(=O)O)CCN1C(O)CNC(=O)c1ccc(N=C(N)N)cc1.Cl.Cl. The summed E-state index contributed by atoms with van der Waals surface area (Å²) in [6.07, 6.45) is -0.749. The number of carbonyl (C=O) groups is 4. The van der Waals surface area contributed by atoms with E-state index in [1.807, 2.05) is 0 Å². The number of carboxylic acid groups (broad SMARTS) is 1. The Kier molecular flexibility index (Phi) is 15.2. The lowest BCUT2D eigenvalue weighted by molar-refractivity contribution is -0.167. The molecule has 0 bridgehead atoms. The molecule has 1 unspecified atom stereocenters. The number of piperazine rings is 1. The molecule has 1 aliphatic rings. The summed E-state index contributed by atoms with van der Waals surface area (Å²) < 4.78 is 0. The highest BCUT2D eigenvalue weighted by atomic mass is 35.5. The molecule has 2 atom stereocenters. The third-order valence-corrected chi connectivity index (χ3v) is 7.03. The summed E-state index contributed by atoms with van der Waals surface area (Å²) in [4.78, 5) is 60.7. The second-order valence-electron chi connectivity index (χ2n) is 10.3. The standard InChI is InChI=1S/C28H38N10O6.2ClH/c1-28(11-2-12-33-23(42)17-3-7-19(8-4-17)35-26(29)30)25(44)37(16-22(40)41)13-14-38(28)21(39)15-34-24(43)18-5-9-20(10-6-18)36-27(31)32;;/h3-10,21,39H,2,11-16H2,1H3,(H,33,42)(H,34,43)(H,40,41)(H4,29,30,35)(H4,31,32,36);2*1H/t21?,28-;;/m0../s1. The summed E-state index contributed by atoms with van der Waals surface area (Å²) in [6, 6.07) is 12.5. The Hall–Kier alpha value is -4.64. The van der Waals surface area contributed by atoms with Gasteiger partial charge in [0.15, 0.2) is 11.9 Å². The fourth-order valence-electron chi connectivity index (χ4n) is 4.89. The highest BCUT2D eigenvalue weighted by molar-refractivity contribution is 5.95. The minimum atomic E-state index is -1.31. The molecule has 2 aromatic carbocycles. The van der Waals surface area contributed by atoms with Crippen molar-refractivity contribution in [2.45, 2.75) is 31.5 Å². The number of aliphatic imine (C=N–C) groups is 2. The number of nitrogens with two attached hydrogens (primary N) is 4. The molecule has 2 aromatic rings. The average Bonchev–Trinajstić information content (AvgIpc) is 2.96. The van der Waals surface area contributed by atoms with Gasteiger partial charge in [-0.25, -0.2) is 9.98 Å². The quantitative estimate of drug-likeness (QED) is 0.0764. The van der Waals surface area contributed by atoms with Crippen LogP contribution in [0.15, 0.2) is 58.5 Å². The van der Waals surface area contributed by atoms with Crippen LogP contribution in [0.2, 0.25) is 0 Å². The first-order valence-corrected chi connectivity index (χ1v) is 13.7. The van der Waals surface area contributed by atoms with Crippen molar-refractivity contribution in [2.75, 3.05) is 32.7 Å². The molecule has 0 aliphatic carbocycles. The molecule has 1 aliphatic heterocycles. The van der Waals surface area contributed by atoms with E-state index in [0.717, 1.165) is 0 Å². The zero-order chi connectivity index (χ0) is 32.4. The van der Waals surface area contributed by atoms with Crippen LogP contribution in [0.4, 0.5) is 11.4 Å². The summed E-state index contributed by atoms with van der Waals surface area (Å²) in [5.74, 6) is -2.68. The van der Waals surface area contributed by atoms with E-state index in [2.05, 4.69) is 20.6 Å². The van der Waals surface area contributed by atoms with Crippen LogP contribution in [0.5, 0.6) is 0 Å². The maximum absolute atomic E-state index is 13.5. The van der Waals surface area contributed by atoms with E-state index in [0.29, 0.717) is 28.9 Å². The summed E-state index contributed by atoms with van der Waals surface area (Å²) in [5.41, 5.74) is 21.8. The second-order valence-corrected chi connectivity index (χ2v) is 10.3. The van der Waals surface area contributed by atoms with Crippen molar-refractivity contribution in [1.29, 1.82) is 0 Å². The molecule has 0 aromatic heterocycles. The van der Waals surface area contributed by atoms with Crippen molar-refractivity contribution in [3.8, 4) is 0 Å². The average molecular weight is 684 g/mol. The van der Waals surface area contributed by atoms with Crippen molar-refractivity contribution < 1.29 is 29.4 Å². The first-order valence-electron chi connectivity index (χ1n) is 13.7. The number of carboxylic acids is 1. The van der Waals surface area contributed by atoms with Gasteiger partial charge in [-0.2, -0.15) is 0 Å². The predicted octanol–water partition coefficient (Wildman–Crippen LogP) is -0.414. The topological polar surface area (TPSA) is 268 Å². The van der Waals surface area contributed by atoms with Crippen LogP contribution in [0.25, 0.3) is 0 Å². The van der Waals surface area contributed by atoms with E-state index >= 15 is 0 Å².